The number of halogens is 1. The number of hydrogen-bond acceptors (Lipinski definition) is 2. The molecule has 0 bridgehead atoms. The van der Waals surface area contributed by atoms with E-state index in [9.17, 15) is 19.1 Å². The van der Waals surface area contributed by atoms with Crippen molar-refractivity contribution in [3.63, 3.8) is 0 Å². The summed E-state index contributed by atoms with van der Waals surface area (Å²) in [6, 6.07) is 13.7. The van der Waals surface area contributed by atoms with Crippen LogP contribution in [0.15, 0.2) is 48.5 Å². The molecule has 0 saturated carbocycles. The molecule has 24 heavy (non-hydrogen) atoms. The molecule has 3 rings (SSSR count). The van der Waals surface area contributed by atoms with Gasteiger partial charge < -0.3 is 10.0 Å². The zero-order valence-electron chi connectivity index (χ0n) is 13.3. The standard InChI is InChI=1S/C19H18FNO3/c1-12-7-8-14(9-17(12)20)18(22)21-10-15(16(11-21)19(23)24)13-5-3-2-4-6-13/h2-9,15-16H,10-11H2,1H3,(H,23,24). The van der Waals surface area contributed by atoms with Crippen LogP contribution in [-0.4, -0.2) is 35.0 Å². The maximum absolute atomic E-state index is 13.7. The predicted octanol–water partition coefficient (Wildman–Crippen LogP) is 3.07. The van der Waals surface area contributed by atoms with E-state index >= 15 is 0 Å². The number of nitrogens with zero attached hydrogens (tertiary/aromatic N) is 1. The van der Waals surface area contributed by atoms with Crippen LogP contribution in [0.3, 0.4) is 0 Å². The minimum atomic E-state index is -0.922. The van der Waals surface area contributed by atoms with E-state index in [1.165, 1.54) is 11.0 Å². The SMILES string of the molecule is Cc1ccc(C(=O)N2CC(C(=O)O)C(c3ccccc3)C2)cc1F. The van der Waals surface area contributed by atoms with Crippen LogP contribution in [0.2, 0.25) is 0 Å². The highest BCUT2D eigenvalue weighted by Gasteiger charge is 2.40. The lowest BCUT2D eigenvalue weighted by atomic mass is 9.89. The van der Waals surface area contributed by atoms with Gasteiger partial charge in [-0.05, 0) is 30.2 Å². The van der Waals surface area contributed by atoms with Crippen LogP contribution < -0.4 is 0 Å². The van der Waals surface area contributed by atoms with Crippen molar-refractivity contribution in [3.05, 3.63) is 71.0 Å². The molecule has 1 heterocycles. The second-order valence-electron chi connectivity index (χ2n) is 6.14. The van der Waals surface area contributed by atoms with E-state index in [2.05, 4.69) is 0 Å². The summed E-state index contributed by atoms with van der Waals surface area (Å²) in [7, 11) is 0. The average molecular weight is 327 g/mol. The van der Waals surface area contributed by atoms with Crippen LogP contribution in [0.4, 0.5) is 4.39 Å². The second-order valence-corrected chi connectivity index (χ2v) is 6.14. The van der Waals surface area contributed by atoms with Gasteiger partial charge in [0.1, 0.15) is 5.82 Å². The van der Waals surface area contributed by atoms with E-state index in [-0.39, 0.29) is 23.9 Å². The van der Waals surface area contributed by atoms with Gasteiger partial charge in [-0.25, -0.2) is 4.39 Å². The number of likely N-dealkylation sites (tertiary alicyclic amines) is 1. The van der Waals surface area contributed by atoms with Crippen LogP contribution in [0.25, 0.3) is 0 Å². The monoisotopic (exact) mass is 327 g/mol. The largest absolute Gasteiger partial charge is 0.481 e. The van der Waals surface area contributed by atoms with Gasteiger partial charge in [0.15, 0.2) is 0 Å². The maximum atomic E-state index is 13.7. The van der Waals surface area contributed by atoms with Crippen LogP contribution in [0.5, 0.6) is 0 Å². The molecule has 0 spiro atoms. The van der Waals surface area contributed by atoms with Crippen molar-refractivity contribution in [1.82, 2.24) is 4.90 Å². The number of amides is 1. The van der Waals surface area contributed by atoms with E-state index in [1.54, 1.807) is 19.1 Å². The predicted molar refractivity (Wildman–Crippen MR) is 87.3 cm³/mol. The molecule has 5 heteroatoms. The molecule has 2 atom stereocenters. The van der Waals surface area contributed by atoms with E-state index in [4.69, 9.17) is 0 Å². The Morgan fingerprint density at radius 1 is 1.12 bits per heavy atom. The molecule has 0 radical (unpaired) electrons. The first kappa shape index (κ1) is 16.2. The van der Waals surface area contributed by atoms with Crippen LogP contribution >= 0.6 is 0 Å². The molecular formula is C19H18FNO3. The topological polar surface area (TPSA) is 57.6 Å². The van der Waals surface area contributed by atoms with Crippen molar-refractivity contribution in [2.75, 3.05) is 13.1 Å². The smallest absolute Gasteiger partial charge is 0.308 e. The molecule has 1 amide bonds. The van der Waals surface area contributed by atoms with E-state index in [0.717, 1.165) is 5.56 Å². The molecule has 2 aromatic rings. The lowest BCUT2D eigenvalue weighted by Crippen LogP contribution is -2.30. The third-order valence-corrected chi connectivity index (χ3v) is 4.57. The highest BCUT2D eigenvalue weighted by Crippen LogP contribution is 2.33. The minimum Gasteiger partial charge on any atom is -0.481 e. The van der Waals surface area contributed by atoms with E-state index in [1.807, 2.05) is 30.3 Å². The summed E-state index contributed by atoms with van der Waals surface area (Å²) < 4.78 is 13.7. The summed E-state index contributed by atoms with van der Waals surface area (Å²) in [5.41, 5.74) is 1.62. The van der Waals surface area contributed by atoms with Gasteiger partial charge in [0.05, 0.1) is 5.92 Å². The second kappa shape index (κ2) is 6.43. The average Bonchev–Trinajstić information content (AvgIpc) is 3.03. The van der Waals surface area contributed by atoms with Crippen molar-refractivity contribution in [2.24, 2.45) is 5.92 Å². The number of carboxylic acid groups (broad SMARTS) is 1. The summed E-state index contributed by atoms with van der Waals surface area (Å²) in [5.74, 6) is -2.61. The fourth-order valence-corrected chi connectivity index (χ4v) is 3.17. The number of rotatable bonds is 3. The first-order valence-electron chi connectivity index (χ1n) is 7.80. The van der Waals surface area contributed by atoms with Crippen LogP contribution in [-0.2, 0) is 4.79 Å². The molecule has 0 aromatic heterocycles. The summed E-state index contributed by atoms with van der Waals surface area (Å²) >= 11 is 0. The molecule has 0 aliphatic carbocycles. The summed E-state index contributed by atoms with van der Waals surface area (Å²) in [6.07, 6.45) is 0. The van der Waals surface area contributed by atoms with Crippen molar-refractivity contribution in [3.8, 4) is 0 Å². The number of carboxylic acids is 1. The van der Waals surface area contributed by atoms with Crippen LogP contribution in [0.1, 0.15) is 27.4 Å². The zero-order chi connectivity index (χ0) is 17.3. The highest BCUT2D eigenvalue weighted by molar-refractivity contribution is 5.95. The first-order chi connectivity index (χ1) is 11.5. The fourth-order valence-electron chi connectivity index (χ4n) is 3.17. The van der Waals surface area contributed by atoms with Crippen LogP contribution in [0, 0.1) is 18.7 Å². The Labute approximate surface area is 139 Å². The lowest BCUT2D eigenvalue weighted by molar-refractivity contribution is -0.141. The number of aliphatic carboxylic acids is 1. The lowest BCUT2D eigenvalue weighted by Gasteiger charge is -2.17. The van der Waals surface area contributed by atoms with Gasteiger partial charge in [-0.15, -0.1) is 0 Å². The molecule has 1 aliphatic heterocycles. The Morgan fingerprint density at radius 2 is 1.83 bits per heavy atom. The molecule has 124 valence electrons. The molecule has 1 fully saturated rings. The van der Waals surface area contributed by atoms with Gasteiger partial charge in [-0.2, -0.15) is 0 Å². The summed E-state index contributed by atoms with van der Waals surface area (Å²) in [5, 5.41) is 9.50. The van der Waals surface area contributed by atoms with E-state index in [0.29, 0.717) is 12.1 Å². The minimum absolute atomic E-state index is 0.128. The first-order valence-corrected chi connectivity index (χ1v) is 7.80. The van der Waals surface area contributed by atoms with Gasteiger partial charge in [0.25, 0.3) is 5.91 Å². The molecule has 1 saturated heterocycles. The van der Waals surface area contributed by atoms with Crippen molar-refractivity contribution in [2.45, 2.75) is 12.8 Å². The molecule has 1 N–H and O–H groups in total. The molecule has 4 nitrogen and oxygen atoms in total. The van der Waals surface area contributed by atoms with Gasteiger partial charge >= 0.3 is 5.97 Å². The van der Waals surface area contributed by atoms with Crippen molar-refractivity contribution < 1.29 is 19.1 Å². The molecule has 1 aliphatic rings. The summed E-state index contributed by atoms with van der Waals surface area (Å²) in [4.78, 5) is 25.7. The number of hydrogen-bond donors (Lipinski definition) is 1. The maximum Gasteiger partial charge on any atom is 0.308 e. The Bertz CT molecular complexity index is 775. The van der Waals surface area contributed by atoms with E-state index < -0.39 is 17.7 Å². The summed E-state index contributed by atoms with van der Waals surface area (Å²) in [6.45, 7) is 2.07. The van der Waals surface area contributed by atoms with Gasteiger partial charge in [-0.1, -0.05) is 36.4 Å². The Kier molecular flexibility index (Phi) is 4.34. The van der Waals surface area contributed by atoms with Crippen molar-refractivity contribution in [1.29, 1.82) is 0 Å². The quantitative estimate of drug-likeness (QED) is 0.942. The number of aryl methyl sites for hydroxylation is 1. The molecule has 2 aromatic carbocycles. The number of carbonyl (C=O) groups excluding carboxylic acids is 1. The fraction of sp³-hybridized carbons (Fsp3) is 0.263. The number of benzene rings is 2. The highest BCUT2D eigenvalue weighted by atomic mass is 19.1. The number of carbonyl (C=O) groups is 2. The van der Waals surface area contributed by atoms with Crippen molar-refractivity contribution >= 4 is 11.9 Å². The van der Waals surface area contributed by atoms with Gasteiger partial charge in [0.2, 0.25) is 0 Å². The Balaban J connectivity index is 1.86. The normalized spacial score (nSPS) is 20.2. The third-order valence-electron chi connectivity index (χ3n) is 4.57. The zero-order valence-corrected chi connectivity index (χ0v) is 13.3. The Morgan fingerprint density at radius 3 is 2.46 bits per heavy atom. The molecular weight excluding hydrogens is 309 g/mol. The third kappa shape index (κ3) is 3.02. The molecule has 2 unspecified atom stereocenters. The van der Waals surface area contributed by atoms with Gasteiger partial charge in [0, 0.05) is 24.6 Å². The Hall–Kier alpha value is -2.69. The van der Waals surface area contributed by atoms with Gasteiger partial charge in [-0.3, -0.25) is 9.59 Å².